The van der Waals surface area contributed by atoms with E-state index in [2.05, 4.69) is 34.4 Å². The van der Waals surface area contributed by atoms with E-state index in [1.807, 2.05) is 25.1 Å². The van der Waals surface area contributed by atoms with Crippen molar-refractivity contribution in [2.45, 2.75) is 33.6 Å². The summed E-state index contributed by atoms with van der Waals surface area (Å²) in [7, 11) is 0. The van der Waals surface area contributed by atoms with Crippen molar-refractivity contribution in [3.05, 3.63) is 35.7 Å². The van der Waals surface area contributed by atoms with Crippen molar-refractivity contribution in [1.29, 1.82) is 0 Å². The third-order valence-electron chi connectivity index (χ3n) is 4.50. The maximum Gasteiger partial charge on any atom is 0.302 e. The smallest absolute Gasteiger partial charge is 0.302 e. The van der Waals surface area contributed by atoms with Gasteiger partial charge in [-0.3, -0.25) is 14.9 Å². The van der Waals surface area contributed by atoms with E-state index in [9.17, 15) is 9.59 Å². The van der Waals surface area contributed by atoms with Crippen LogP contribution in [0.15, 0.2) is 28.9 Å². The van der Waals surface area contributed by atoms with Gasteiger partial charge in [0, 0.05) is 30.4 Å². The first-order valence-corrected chi connectivity index (χ1v) is 8.95. The summed E-state index contributed by atoms with van der Waals surface area (Å²) in [6, 6.07) is 5.98. The lowest BCUT2D eigenvalue weighted by atomic mass is 10.1. The van der Waals surface area contributed by atoms with Gasteiger partial charge >= 0.3 is 6.01 Å². The molecular weight excluding hydrogens is 332 g/mol. The van der Waals surface area contributed by atoms with Gasteiger partial charge in [0.25, 0.3) is 5.91 Å². The van der Waals surface area contributed by atoms with E-state index in [1.54, 1.807) is 0 Å². The molecule has 138 valence electrons. The predicted molar refractivity (Wildman–Crippen MR) is 101 cm³/mol. The molecule has 1 aromatic carbocycles. The first kappa shape index (κ1) is 18.0. The summed E-state index contributed by atoms with van der Waals surface area (Å²) in [6.45, 7) is 8.02. The highest BCUT2D eigenvalue weighted by atomic mass is 16.4. The second-order valence-electron chi connectivity index (χ2n) is 6.43. The number of benzene rings is 1. The molecule has 1 aromatic heterocycles. The second kappa shape index (κ2) is 7.59. The molecule has 1 aliphatic rings. The molecule has 2 amide bonds. The van der Waals surface area contributed by atoms with Crippen molar-refractivity contribution < 1.29 is 14.0 Å². The van der Waals surface area contributed by atoms with Crippen LogP contribution < -0.4 is 15.5 Å². The Hall–Kier alpha value is -2.83. The number of hydrogen-bond donors (Lipinski definition) is 2. The van der Waals surface area contributed by atoms with Crippen LogP contribution in [0.2, 0.25) is 0 Å². The normalized spacial score (nSPS) is 13.3. The fourth-order valence-corrected chi connectivity index (χ4v) is 2.75. The minimum atomic E-state index is -0.376. The van der Waals surface area contributed by atoms with Crippen molar-refractivity contribution in [2.75, 3.05) is 28.6 Å². The van der Waals surface area contributed by atoms with Gasteiger partial charge in [0.2, 0.25) is 5.91 Å². The number of carbonyl (C=O) groups excluding carboxylic acids is 2. The van der Waals surface area contributed by atoms with Crippen LogP contribution in [-0.4, -0.2) is 29.9 Å². The Morgan fingerprint density at radius 1 is 1.23 bits per heavy atom. The van der Waals surface area contributed by atoms with Crippen LogP contribution in [0.5, 0.6) is 0 Å². The molecule has 3 rings (SSSR count). The number of carbonyl (C=O) groups is 2. The van der Waals surface area contributed by atoms with Gasteiger partial charge in [-0.15, -0.1) is 0 Å². The van der Waals surface area contributed by atoms with Crippen molar-refractivity contribution in [3.63, 3.8) is 0 Å². The largest absolute Gasteiger partial charge is 0.431 e. The Bertz CT molecular complexity index is 807. The molecule has 7 heteroatoms. The standard InChI is InChI=1S/C19H24N4O3/c1-4-23(5-2)14-8-9-15(12(3)10-14)20-18(25)16-11-26-19(21-16)22-17(24)13-6-7-13/h8-11,13H,4-7H2,1-3H3,(H,20,25)(H,21,22,24). The number of nitrogens with zero attached hydrogens (tertiary/aromatic N) is 2. The average molecular weight is 356 g/mol. The Morgan fingerprint density at radius 2 is 1.96 bits per heavy atom. The summed E-state index contributed by atoms with van der Waals surface area (Å²) in [4.78, 5) is 30.4. The highest BCUT2D eigenvalue weighted by Gasteiger charge is 2.30. The number of hydrogen-bond acceptors (Lipinski definition) is 5. The lowest BCUT2D eigenvalue weighted by Crippen LogP contribution is -2.22. The van der Waals surface area contributed by atoms with Gasteiger partial charge in [-0.2, -0.15) is 4.98 Å². The zero-order valence-corrected chi connectivity index (χ0v) is 15.3. The second-order valence-corrected chi connectivity index (χ2v) is 6.43. The molecule has 0 radical (unpaired) electrons. The fraction of sp³-hybridized carbons (Fsp3) is 0.421. The Balaban J connectivity index is 1.66. The average Bonchev–Trinajstić information content (AvgIpc) is 3.38. The maximum atomic E-state index is 12.4. The summed E-state index contributed by atoms with van der Waals surface area (Å²) in [5.41, 5.74) is 2.94. The van der Waals surface area contributed by atoms with E-state index in [0.717, 1.165) is 42.9 Å². The van der Waals surface area contributed by atoms with Crippen molar-refractivity contribution in [1.82, 2.24) is 4.98 Å². The van der Waals surface area contributed by atoms with Gasteiger partial charge in [-0.05, 0) is 57.4 Å². The predicted octanol–water partition coefficient (Wildman–Crippen LogP) is 3.43. The zero-order valence-electron chi connectivity index (χ0n) is 15.3. The minimum Gasteiger partial charge on any atom is -0.431 e. The van der Waals surface area contributed by atoms with Crippen LogP contribution in [0, 0.1) is 12.8 Å². The Labute approximate surface area is 152 Å². The van der Waals surface area contributed by atoms with E-state index in [-0.39, 0.29) is 29.4 Å². The highest BCUT2D eigenvalue weighted by Crippen LogP contribution is 2.30. The van der Waals surface area contributed by atoms with E-state index in [4.69, 9.17) is 4.42 Å². The van der Waals surface area contributed by atoms with Gasteiger partial charge in [0.15, 0.2) is 5.69 Å². The number of amides is 2. The molecule has 1 fully saturated rings. The van der Waals surface area contributed by atoms with Gasteiger partial charge in [-0.1, -0.05) is 0 Å². The molecule has 7 nitrogen and oxygen atoms in total. The molecule has 0 spiro atoms. The third kappa shape index (κ3) is 4.04. The lowest BCUT2D eigenvalue weighted by Gasteiger charge is -2.22. The number of anilines is 3. The molecule has 0 aliphatic heterocycles. The zero-order chi connectivity index (χ0) is 18.7. The summed E-state index contributed by atoms with van der Waals surface area (Å²) < 4.78 is 5.17. The molecule has 1 aliphatic carbocycles. The van der Waals surface area contributed by atoms with Gasteiger partial charge < -0.3 is 14.6 Å². The van der Waals surface area contributed by atoms with Gasteiger partial charge in [0.1, 0.15) is 6.26 Å². The Morgan fingerprint density at radius 3 is 2.58 bits per heavy atom. The van der Waals surface area contributed by atoms with Crippen LogP contribution in [-0.2, 0) is 4.79 Å². The number of aryl methyl sites for hydroxylation is 1. The summed E-state index contributed by atoms with van der Waals surface area (Å²) in [6.07, 6.45) is 3.03. The highest BCUT2D eigenvalue weighted by molar-refractivity contribution is 6.03. The van der Waals surface area contributed by atoms with Crippen LogP contribution in [0.3, 0.4) is 0 Å². The van der Waals surface area contributed by atoms with Crippen LogP contribution in [0.1, 0.15) is 42.7 Å². The van der Waals surface area contributed by atoms with E-state index in [0.29, 0.717) is 0 Å². The fourth-order valence-electron chi connectivity index (χ4n) is 2.75. The first-order chi connectivity index (χ1) is 12.5. The molecule has 1 heterocycles. The molecule has 0 atom stereocenters. The third-order valence-corrected chi connectivity index (χ3v) is 4.50. The molecular formula is C19H24N4O3. The molecule has 1 saturated carbocycles. The molecule has 26 heavy (non-hydrogen) atoms. The van der Waals surface area contributed by atoms with Gasteiger partial charge in [-0.25, -0.2) is 0 Å². The number of oxazole rings is 1. The van der Waals surface area contributed by atoms with Crippen LogP contribution in [0.25, 0.3) is 0 Å². The van der Waals surface area contributed by atoms with Crippen molar-refractivity contribution >= 4 is 29.2 Å². The topological polar surface area (TPSA) is 87.5 Å². The number of aromatic nitrogens is 1. The lowest BCUT2D eigenvalue weighted by molar-refractivity contribution is -0.117. The maximum absolute atomic E-state index is 12.4. The number of rotatable bonds is 7. The molecule has 0 saturated heterocycles. The summed E-state index contributed by atoms with van der Waals surface area (Å²) >= 11 is 0. The monoisotopic (exact) mass is 356 g/mol. The quantitative estimate of drug-likeness (QED) is 0.793. The minimum absolute atomic E-state index is 0.0474. The van der Waals surface area contributed by atoms with E-state index >= 15 is 0 Å². The molecule has 2 aromatic rings. The van der Waals surface area contributed by atoms with Gasteiger partial charge in [0.05, 0.1) is 0 Å². The van der Waals surface area contributed by atoms with E-state index in [1.165, 1.54) is 6.26 Å². The van der Waals surface area contributed by atoms with Crippen molar-refractivity contribution in [2.24, 2.45) is 5.92 Å². The van der Waals surface area contributed by atoms with Crippen molar-refractivity contribution in [3.8, 4) is 0 Å². The molecule has 2 N–H and O–H groups in total. The summed E-state index contributed by atoms with van der Waals surface area (Å²) in [5, 5.41) is 5.42. The SMILES string of the molecule is CCN(CC)c1ccc(NC(=O)c2coc(NC(=O)C3CC3)n2)c(C)c1. The number of nitrogens with one attached hydrogen (secondary N) is 2. The molecule has 0 bridgehead atoms. The Kier molecular flexibility index (Phi) is 5.25. The van der Waals surface area contributed by atoms with Crippen LogP contribution in [0.4, 0.5) is 17.4 Å². The first-order valence-electron chi connectivity index (χ1n) is 8.95. The van der Waals surface area contributed by atoms with Crippen LogP contribution >= 0.6 is 0 Å². The van der Waals surface area contributed by atoms with E-state index < -0.39 is 0 Å². The summed E-state index contributed by atoms with van der Waals surface area (Å²) in [5.74, 6) is -0.438. The molecule has 0 unspecified atom stereocenters.